The lowest BCUT2D eigenvalue weighted by Gasteiger charge is -2.18. The monoisotopic (exact) mass is 1060 g/mol. The maximum atomic E-state index is 12.9. The Bertz CT molecular complexity index is 1650. The van der Waals surface area contributed by atoms with E-state index in [1.807, 2.05) is 0 Å². The number of rotatable bonds is 56. The van der Waals surface area contributed by atoms with Crippen molar-refractivity contribution in [1.29, 1.82) is 0 Å². The van der Waals surface area contributed by atoms with Crippen molar-refractivity contribution in [2.45, 2.75) is 284 Å². The van der Waals surface area contributed by atoms with Gasteiger partial charge in [-0.25, -0.2) is 0 Å². The van der Waals surface area contributed by atoms with Crippen LogP contribution >= 0.6 is 0 Å². The van der Waals surface area contributed by atoms with Crippen LogP contribution in [0, 0.1) is 0 Å². The van der Waals surface area contributed by atoms with E-state index in [0.29, 0.717) is 19.3 Å². The van der Waals surface area contributed by atoms with Crippen LogP contribution < -0.4 is 0 Å². The molecule has 0 N–H and O–H groups in total. The summed E-state index contributed by atoms with van der Waals surface area (Å²) in [5.41, 5.74) is 0. The molecule has 0 aromatic heterocycles. The minimum absolute atomic E-state index is 0.106. The fourth-order valence-electron chi connectivity index (χ4n) is 8.44. The molecule has 0 aromatic rings. The molecule has 436 valence electrons. The molecule has 0 fully saturated rings. The van der Waals surface area contributed by atoms with Gasteiger partial charge >= 0.3 is 17.9 Å². The molecule has 0 heterocycles. The van der Waals surface area contributed by atoms with Crippen LogP contribution in [0.5, 0.6) is 0 Å². The van der Waals surface area contributed by atoms with Crippen LogP contribution in [0.2, 0.25) is 0 Å². The number of ether oxygens (including phenoxy) is 3. The molecule has 1 unspecified atom stereocenters. The molecule has 0 saturated heterocycles. The van der Waals surface area contributed by atoms with Gasteiger partial charge in [0.2, 0.25) is 0 Å². The molecule has 1 atom stereocenters. The topological polar surface area (TPSA) is 78.9 Å². The first-order chi connectivity index (χ1) is 38.0. The molecular formula is C71H116O6. The zero-order chi connectivity index (χ0) is 55.7. The van der Waals surface area contributed by atoms with Crippen molar-refractivity contribution in [2.24, 2.45) is 0 Å². The van der Waals surface area contributed by atoms with Crippen molar-refractivity contribution in [1.82, 2.24) is 0 Å². The van der Waals surface area contributed by atoms with E-state index in [9.17, 15) is 14.4 Å². The Kier molecular flexibility index (Phi) is 60.4. The minimum Gasteiger partial charge on any atom is -0.462 e. The number of hydrogen-bond donors (Lipinski definition) is 0. The first-order valence-corrected chi connectivity index (χ1v) is 31.7. The van der Waals surface area contributed by atoms with Gasteiger partial charge < -0.3 is 14.2 Å². The van der Waals surface area contributed by atoms with Crippen LogP contribution in [0.25, 0.3) is 0 Å². The van der Waals surface area contributed by atoms with E-state index in [4.69, 9.17) is 14.2 Å². The zero-order valence-corrected chi connectivity index (χ0v) is 49.9. The first-order valence-electron chi connectivity index (χ1n) is 31.7. The van der Waals surface area contributed by atoms with Gasteiger partial charge in [0.05, 0.1) is 0 Å². The van der Waals surface area contributed by atoms with E-state index < -0.39 is 6.10 Å². The molecule has 0 spiro atoms. The summed E-state index contributed by atoms with van der Waals surface area (Å²) in [6, 6.07) is 0. The Hall–Kier alpha value is -4.45. The van der Waals surface area contributed by atoms with Crippen molar-refractivity contribution < 1.29 is 28.6 Å². The molecule has 0 aliphatic carbocycles. The van der Waals surface area contributed by atoms with E-state index in [-0.39, 0.29) is 37.5 Å². The van der Waals surface area contributed by atoms with Gasteiger partial charge in [-0.05, 0) is 128 Å². The maximum absolute atomic E-state index is 12.9. The molecule has 77 heavy (non-hydrogen) atoms. The predicted octanol–water partition coefficient (Wildman–Crippen LogP) is 21.8. The normalized spacial score (nSPS) is 13.0. The Balaban J connectivity index is 4.47. The number of esters is 3. The average molecular weight is 1070 g/mol. The van der Waals surface area contributed by atoms with E-state index in [1.54, 1.807) is 0 Å². The molecular weight excluding hydrogens is 949 g/mol. The van der Waals surface area contributed by atoms with Gasteiger partial charge in [0.15, 0.2) is 6.10 Å². The molecule has 6 nitrogen and oxygen atoms in total. The Labute approximate surface area is 475 Å². The number of allylic oxidation sites excluding steroid dienone is 22. The number of unbranched alkanes of at least 4 members (excludes halogenated alkanes) is 23. The second-order valence-electron chi connectivity index (χ2n) is 20.5. The van der Waals surface area contributed by atoms with Gasteiger partial charge in [-0.15, -0.1) is 0 Å². The van der Waals surface area contributed by atoms with Crippen LogP contribution in [0.3, 0.4) is 0 Å². The molecule has 0 aliphatic rings. The Morgan fingerprint density at radius 2 is 0.519 bits per heavy atom. The summed E-state index contributed by atoms with van der Waals surface area (Å²) in [6.45, 7) is 6.35. The third-order valence-electron chi connectivity index (χ3n) is 13.1. The summed E-state index contributed by atoms with van der Waals surface area (Å²) in [7, 11) is 0. The highest BCUT2D eigenvalue weighted by atomic mass is 16.6. The van der Waals surface area contributed by atoms with E-state index >= 15 is 0 Å². The number of carbonyl (C=O) groups is 3. The van der Waals surface area contributed by atoms with Gasteiger partial charge in [-0.2, -0.15) is 0 Å². The fourth-order valence-corrected chi connectivity index (χ4v) is 8.44. The summed E-state index contributed by atoms with van der Waals surface area (Å²) in [5, 5.41) is 0. The van der Waals surface area contributed by atoms with Crippen molar-refractivity contribution >= 4 is 17.9 Å². The highest BCUT2D eigenvalue weighted by Gasteiger charge is 2.19. The van der Waals surface area contributed by atoms with Crippen molar-refractivity contribution in [3.05, 3.63) is 134 Å². The number of carbonyl (C=O) groups excluding carboxylic acids is 3. The lowest BCUT2D eigenvalue weighted by atomic mass is 10.0. The third kappa shape index (κ3) is 62.3. The summed E-state index contributed by atoms with van der Waals surface area (Å²) in [4.78, 5) is 38.3. The quantitative estimate of drug-likeness (QED) is 0.0261. The molecule has 0 aliphatic heterocycles. The van der Waals surface area contributed by atoms with Gasteiger partial charge in [0.25, 0.3) is 0 Å². The standard InChI is InChI=1S/C71H116O6/c1-4-7-10-13-16-19-22-25-28-31-33-34-35-36-38-40-43-46-49-52-55-58-61-64-70(73)76-67-68(66-75-69(72)63-60-57-54-51-48-45-42-39-30-27-24-21-18-15-12-9-6-3)77-71(74)65-62-59-56-53-50-47-44-41-37-32-29-26-23-20-17-14-11-8-5-2/h8-9,11-12,17-18,20-22,25-27,29-31,33,37,41-42,45,51,54,68H,4-7,10,13-16,19,23-24,28,32,34-36,38-40,43-44,46-50,52-53,55-67H2,1-3H3/b11-8-,12-9-,20-17-,21-18-,25-22-,29-26-,30-27-,33-31-,41-37-,45-42-,54-51-. The summed E-state index contributed by atoms with van der Waals surface area (Å²) >= 11 is 0. The molecule has 0 rings (SSSR count). The van der Waals surface area contributed by atoms with E-state index in [0.717, 1.165) is 122 Å². The SMILES string of the molecule is CC/C=C\C/C=C\C/C=C\C/C=C\C/C=C\CCCC(=O)OCC(COC(=O)CCCCCCCCCCCCC/C=C\C/C=C\CCCCCCC)OC(=O)CCCCCCCC/C=C\C/C=C\C/C=C\C/C=C\CC. The molecule has 0 amide bonds. The maximum Gasteiger partial charge on any atom is 0.306 e. The lowest BCUT2D eigenvalue weighted by Crippen LogP contribution is -2.30. The minimum atomic E-state index is -0.816. The second-order valence-corrected chi connectivity index (χ2v) is 20.5. The molecule has 0 saturated carbocycles. The molecule has 0 aromatic carbocycles. The van der Waals surface area contributed by atoms with Crippen LogP contribution in [-0.4, -0.2) is 37.2 Å². The van der Waals surface area contributed by atoms with Gasteiger partial charge in [0, 0.05) is 19.3 Å². The summed E-state index contributed by atoms with van der Waals surface area (Å²) < 4.78 is 16.9. The molecule has 0 bridgehead atoms. The van der Waals surface area contributed by atoms with Crippen molar-refractivity contribution in [2.75, 3.05) is 13.2 Å². The zero-order valence-electron chi connectivity index (χ0n) is 49.9. The largest absolute Gasteiger partial charge is 0.462 e. The molecule has 6 heteroatoms. The Morgan fingerprint density at radius 3 is 0.844 bits per heavy atom. The summed E-state index contributed by atoms with van der Waals surface area (Å²) in [5.74, 6) is -0.982. The highest BCUT2D eigenvalue weighted by molar-refractivity contribution is 5.71. The van der Waals surface area contributed by atoms with E-state index in [2.05, 4.69) is 154 Å². The smallest absolute Gasteiger partial charge is 0.306 e. The average Bonchev–Trinajstić information content (AvgIpc) is 3.43. The third-order valence-corrected chi connectivity index (χ3v) is 13.1. The second kappa shape index (κ2) is 64.1. The van der Waals surface area contributed by atoms with E-state index in [1.165, 1.54) is 109 Å². The van der Waals surface area contributed by atoms with Crippen molar-refractivity contribution in [3.63, 3.8) is 0 Å². The van der Waals surface area contributed by atoms with Gasteiger partial charge in [0.1, 0.15) is 13.2 Å². The van der Waals surface area contributed by atoms with Crippen LogP contribution in [0.4, 0.5) is 0 Å². The van der Waals surface area contributed by atoms with Gasteiger partial charge in [-0.1, -0.05) is 264 Å². The van der Waals surface area contributed by atoms with Crippen LogP contribution in [-0.2, 0) is 28.6 Å². The Morgan fingerprint density at radius 1 is 0.273 bits per heavy atom. The van der Waals surface area contributed by atoms with Crippen LogP contribution in [0.15, 0.2) is 134 Å². The number of hydrogen-bond acceptors (Lipinski definition) is 6. The predicted molar refractivity (Wildman–Crippen MR) is 334 cm³/mol. The van der Waals surface area contributed by atoms with Crippen LogP contribution in [0.1, 0.15) is 278 Å². The lowest BCUT2D eigenvalue weighted by molar-refractivity contribution is -0.167. The first kappa shape index (κ1) is 72.5. The summed E-state index contributed by atoms with van der Waals surface area (Å²) in [6.07, 6.45) is 90.3. The van der Waals surface area contributed by atoms with Crippen molar-refractivity contribution in [3.8, 4) is 0 Å². The fraction of sp³-hybridized carbons (Fsp3) is 0.648. The highest BCUT2D eigenvalue weighted by Crippen LogP contribution is 2.15. The van der Waals surface area contributed by atoms with Gasteiger partial charge in [-0.3, -0.25) is 14.4 Å². The molecule has 0 radical (unpaired) electrons.